The monoisotopic (exact) mass is 188 g/mol. The predicted octanol–water partition coefficient (Wildman–Crippen LogP) is 3.07. The fourth-order valence-electron chi connectivity index (χ4n) is 1.09. The van der Waals surface area contributed by atoms with Gasteiger partial charge in [-0.05, 0) is 0 Å². The third-order valence-electron chi connectivity index (χ3n) is 1.82. The maximum absolute atomic E-state index is 5.53. The van der Waals surface area contributed by atoms with Crippen molar-refractivity contribution in [1.29, 1.82) is 0 Å². The Hall–Kier alpha value is -0.0800. The molecule has 0 radical (unpaired) electrons. The van der Waals surface area contributed by atoms with Crippen molar-refractivity contribution in [1.82, 2.24) is 0 Å². The molecule has 1 fully saturated rings. The summed E-state index contributed by atoms with van der Waals surface area (Å²) in [6.07, 6.45) is 0.0167. The summed E-state index contributed by atoms with van der Waals surface area (Å²) in [5, 5.41) is 0. The van der Waals surface area contributed by atoms with Crippen LogP contribution in [0, 0.1) is 11.3 Å². The molecule has 0 atom stereocenters. The Morgan fingerprint density at radius 1 is 1.08 bits per heavy atom. The maximum Gasteiger partial charge on any atom is 0.159 e. The van der Waals surface area contributed by atoms with Gasteiger partial charge >= 0.3 is 0 Å². The minimum absolute atomic E-state index is 0.0167. The van der Waals surface area contributed by atoms with E-state index < -0.39 is 0 Å². The van der Waals surface area contributed by atoms with E-state index in [0.29, 0.717) is 5.92 Å². The highest BCUT2D eigenvalue weighted by molar-refractivity contribution is 4.71. The van der Waals surface area contributed by atoms with Crippen LogP contribution in [0.1, 0.15) is 41.5 Å². The molecule has 1 aliphatic rings. The van der Waals surface area contributed by atoms with Crippen molar-refractivity contribution >= 4 is 0 Å². The van der Waals surface area contributed by atoms with Crippen molar-refractivity contribution in [3.05, 3.63) is 0 Å². The van der Waals surface area contributed by atoms with Gasteiger partial charge in [0.15, 0.2) is 6.29 Å². The van der Waals surface area contributed by atoms with Crippen molar-refractivity contribution in [3.8, 4) is 0 Å². The topological polar surface area (TPSA) is 18.5 Å². The minimum Gasteiger partial charge on any atom is -0.352 e. The molecule has 0 saturated carbocycles. The van der Waals surface area contributed by atoms with Crippen LogP contribution in [0.25, 0.3) is 0 Å². The highest BCUT2D eigenvalue weighted by Gasteiger charge is 2.29. The first-order valence-electron chi connectivity index (χ1n) is 5.24. The second-order valence-electron chi connectivity index (χ2n) is 4.40. The van der Waals surface area contributed by atoms with Crippen molar-refractivity contribution in [2.45, 2.75) is 47.8 Å². The van der Waals surface area contributed by atoms with Gasteiger partial charge in [-0.1, -0.05) is 41.5 Å². The molecule has 80 valence electrons. The van der Waals surface area contributed by atoms with Gasteiger partial charge in [0.05, 0.1) is 13.2 Å². The quantitative estimate of drug-likeness (QED) is 0.629. The molecule has 2 heteroatoms. The highest BCUT2D eigenvalue weighted by atomic mass is 16.7. The Morgan fingerprint density at radius 2 is 1.46 bits per heavy atom. The molecule has 0 unspecified atom stereocenters. The van der Waals surface area contributed by atoms with E-state index in [1.54, 1.807) is 0 Å². The summed E-state index contributed by atoms with van der Waals surface area (Å²) in [7, 11) is 0. The van der Waals surface area contributed by atoms with Crippen LogP contribution in [0.4, 0.5) is 0 Å². The van der Waals surface area contributed by atoms with Crippen LogP contribution in [0.15, 0.2) is 0 Å². The van der Waals surface area contributed by atoms with Crippen molar-refractivity contribution in [2.75, 3.05) is 13.2 Å². The standard InChI is InChI=1S/C9H18O2.C2H6/c1-7(2)8-10-5-9(3,4)6-11-8;1-2/h7-8H,5-6H2,1-4H3;1-2H3. The first kappa shape index (κ1) is 12.9. The van der Waals surface area contributed by atoms with Gasteiger partial charge in [0.25, 0.3) is 0 Å². The van der Waals surface area contributed by atoms with Crippen LogP contribution in [0.3, 0.4) is 0 Å². The van der Waals surface area contributed by atoms with Crippen LogP contribution < -0.4 is 0 Å². The lowest BCUT2D eigenvalue weighted by molar-refractivity contribution is -0.238. The minimum atomic E-state index is 0.0167. The van der Waals surface area contributed by atoms with Crippen LogP contribution >= 0.6 is 0 Å². The van der Waals surface area contributed by atoms with Crippen molar-refractivity contribution in [2.24, 2.45) is 11.3 Å². The molecular weight excluding hydrogens is 164 g/mol. The van der Waals surface area contributed by atoms with Crippen molar-refractivity contribution < 1.29 is 9.47 Å². The number of hydrogen-bond donors (Lipinski definition) is 0. The van der Waals surface area contributed by atoms with Gasteiger partial charge in [-0.3, -0.25) is 0 Å². The zero-order valence-corrected chi connectivity index (χ0v) is 9.89. The molecule has 0 spiro atoms. The van der Waals surface area contributed by atoms with E-state index >= 15 is 0 Å². The molecule has 1 saturated heterocycles. The molecule has 13 heavy (non-hydrogen) atoms. The molecule has 1 heterocycles. The molecule has 0 aromatic carbocycles. The molecule has 0 aromatic heterocycles. The van der Waals surface area contributed by atoms with Gasteiger partial charge < -0.3 is 9.47 Å². The summed E-state index contributed by atoms with van der Waals surface area (Å²) in [5.74, 6) is 0.464. The Kier molecular flexibility index (Phi) is 5.57. The largest absolute Gasteiger partial charge is 0.352 e. The van der Waals surface area contributed by atoms with Crippen LogP contribution in [-0.4, -0.2) is 19.5 Å². The van der Waals surface area contributed by atoms with E-state index in [4.69, 9.17) is 9.47 Å². The normalized spacial score (nSPS) is 22.4. The molecule has 0 N–H and O–H groups in total. The second kappa shape index (κ2) is 5.61. The predicted molar refractivity (Wildman–Crippen MR) is 55.7 cm³/mol. The first-order chi connectivity index (χ1) is 6.01. The zero-order chi connectivity index (χ0) is 10.5. The molecular formula is C11H24O2. The summed E-state index contributed by atoms with van der Waals surface area (Å²) in [5.41, 5.74) is 0.200. The van der Waals surface area contributed by atoms with E-state index in [0.717, 1.165) is 13.2 Å². The van der Waals surface area contributed by atoms with Crippen LogP contribution in [0.2, 0.25) is 0 Å². The molecule has 0 bridgehead atoms. The maximum atomic E-state index is 5.53. The second-order valence-corrected chi connectivity index (χ2v) is 4.40. The molecule has 1 rings (SSSR count). The summed E-state index contributed by atoms with van der Waals surface area (Å²) < 4.78 is 11.1. The molecule has 0 aliphatic carbocycles. The lowest BCUT2D eigenvalue weighted by atomic mass is 9.95. The molecule has 1 aliphatic heterocycles. The Labute approximate surface area is 82.6 Å². The average molecular weight is 188 g/mol. The van der Waals surface area contributed by atoms with E-state index in [9.17, 15) is 0 Å². The van der Waals surface area contributed by atoms with Gasteiger partial charge in [-0.2, -0.15) is 0 Å². The first-order valence-corrected chi connectivity index (χ1v) is 5.24. The number of ether oxygens (including phenoxy) is 2. The Morgan fingerprint density at radius 3 is 1.77 bits per heavy atom. The third-order valence-corrected chi connectivity index (χ3v) is 1.82. The van der Waals surface area contributed by atoms with E-state index in [1.165, 1.54) is 0 Å². The number of rotatable bonds is 1. The van der Waals surface area contributed by atoms with Gasteiger partial charge in [0, 0.05) is 11.3 Å². The lowest BCUT2D eigenvalue weighted by Crippen LogP contribution is -2.39. The fraction of sp³-hybridized carbons (Fsp3) is 1.00. The third kappa shape index (κ3) is 4.63. The SMILES string of the molecule is CC.CC(C)C1OCC(C)(C)CO1. The Balaban J connectivity index is 0.000000671. The summed E-state index contributed by atoms with van der Waals surface area (Å²) in [4.78, 5) is 0. The van der Waals surface area contributed by atoms with Crippen molar-refractivity contribution in [3.63, 3.8) is 0 Å². The number of hydrogen-bond acceptors (Lipinski definition) is 2. The molecule has 0 aromatic rings. The van der Waals surface area contributed by atoms with Gasteiger partial charge in [-0.15, -0.1) is 0 Å². The Bertz CT molecular complexity index is 120. The fourth-order valence-corrected chi connectivity index (χ4v) is 1.09. The lowest BCUT2D eigenvalue weighted by Gasteiger charge is -2.36. The molecule has 2 nitrogen and oxygen atoms in total. The van der Waals surface area contributed by atoms with Gasteiger partial charge in [0.2, 0.25) is 0 Å². The van der Waals surface area contributed by atoms with E-state index in [-0.39, 0.29) is 11.7 Å². The summed E-state index contributed by atoms with van der Waals surface area (Å²) >= 11 is 0. The molecule has 0 amide bonds. The summed E-state index contributed by atoms with van der Waals surface area (Å²) in [6.45, 7) is 14.2. The van der Waals surface area contributed by atoms with E-state index in [2.05, 4.69) is 27.7 Å². The zero-order valence-electron chi connectivity index (χ0n) is 9.89. The van der Waals surface area contributed by atoms with Crippen LogP contribution in [0.5, 0.6) is 0 Å². The van der Waals surface area contributed by atoms with Crippen LogP contribution in [-0.2, 0) is 9.47 Å². The van der Waals surface area contributed by atoms with E-state index in [1.807, 2.05) is 13.8 Å². The van der Waals surface area contributed by atoms with Gasteiger partial charge in [0.1, 0.15) is 0 Å². The van der Waals surface area contributed by atoms with Gasteiger partial charge in [-0.25, -0.2) is 0 Å². The summed E-state index contributed by atoms with van der Waals surface area (Å²) in [6, 6.07) is 0. The average Bonchev–Trinajstić information content (AvgIpc) is 2.07. The smallest absolute Gasteiger partial charge is 0.159 e. The highest BCUT2D eigenvalue weighted by Crippen LogP contribution is 2.25.